The molecule has 0 bridgehead atoms. The van der Waals surface area contributed by atoms with Crippen LogP contribution in [0.25, 0.3) is 0 Å². The molecular weight excluding hydrogens is 348 g/mol. The van der Waals surface area contributed by atoms with Crippen molar-refractivity contribution in [3.8, 4) is 0 Å². The summed E-state index contributed by atoms with van der Waals surface area (Å²) < 4.78 is 1.12. The molecule has 0 amide bonds. The van der Waals surface area contributed by atoms with E-state index in [1.54, 1.807) is 0 Å². The molecule has 1 aromatic carbocycles. The zero-order valence-corrected chi connectivity index (χ0v) is 13.1. The van der Waals surface area contributed by atoms with Gasteiger partial charge in [0.2, 0.25) is 0 Å². The molecule has 0 aliphatic carbocycles. The Morgan fingerprint density at radius 1 is 1.12 bits per heavy atom. The van der Waals surface area contributed by atoms with Crippen LogP contribution in [0.5, 0.6) is 0 Å². The summed E-state index contributed by atoms with van der Waals surface area (Å²) in [5, 5.41) is 0. The molecule has 0 saturated heterocycles. The molecule has 0 N–H and O–H groups in total. The molecule has 16 heavy (non-hydrogen) atoms. The van der Waals surface area contributed by atoms with Crippen LogP contribution >= 0.6 is 43.2 Å². The van der Waals surface area contributed by atoms with E-state index in [-0.39, 0.29) is 0 Å². The Balaban J connectivity index is 2.31. The summed E-state index contributed by atoms with van der Waals surface area (Å²) in [6, 6.07) is 10.7. The van der Waals surface area contributed by atoms with Crippen LogP contribution in [0, 0.1) is 13.8 Å². The second kappa shape index (κ2) is 5.03. The first-order valence-electron chi connectivity index (χ1n) is 5.04. The number of aryl methyl sites for hydroxylation is 2. The zero-order chi connectivity index (χ0) is 11.7. The molecule has 84 valence electrons. The SMILES string of the molecule is Cc1cc(C(Br)c2ccc(Br)cc2)sc1C. The van der Waals surface area contributed by atoms with Gasteiger partial charge in [-0.15, -0.1) is 11.3 Å². The third kappa shape index (κ3) is 2.58. The van der Waals surface area contributed by atoms with Gasteiger partial charge in [-0.2, -0.15) is 0 Å². The van der Waals surface area contributed by atoms with Crippen molar-refractivity contribution in [1.29, 1.82) is 0 Å². The van der Waals surface area contributed by atoms with Gasteiger partial charge in [-0.25, -0.2) is 0 Å². The fraction of sp³-hybridized carbons (Fsp3) is 0.231. The highest BCUT2D eigenvalue weighted by molar-refractivity contribution is 9.10. The normalized spacial score (nSPS) is 12.8. The third-order valence-corrected chi connectivity index (χ3v) is 5.67. The van der Waals surface area contributed by atoms with Crippen LogP contribution < -0.4 is 0 Å². The first-order valence-corrected chi connectivity index (χ1v) is 7.57. The van der Waals surface area contributed by atoms with Gasteiger partial charge in [-0.3, -0.25) is 0 Å². The highest BCUT2D eigenvalue weighted by atomic mass is 79.9. The lowest BCUT2D eigenvalue weighted by atomic mass is 10.1. The summed E-state index contributed by atoms with van der Waals surface area (Å²) in [5.74, 6) is 0. The predicted molar refractivity (Wildman–Crippen MR) is 78.7 cm³/mol. The van der Waals surface area contributed by atoms with Crippen molar-refractivity contribution in [3.63, 3.8) is 0 Å². The van der Waals surface area contributed by atoms with E-state index < -0.39 is 0 Å². The Morgan fingerprint density at radius 2 is 1.75 bits per heavy atom. The highest BCUT2D eigenvalue weighted by Crippen LogP contribution is 2.36. The van der Waals surface area contributed by atoms with Crippen molar-refractivity contribution in [2.75, 3.05) is 0 Å². The van der Waals surface area contributed by atoms with Gasteiger partial charge < -0.3 is 0 Å². The second-order valence-corrected chi connectivity index (χ2v) is 6.92. The minimum absolute atomic E-state index is 0.304. The number of alkyl halides is 1. The van der Waals surface area contributed by atoms with Crippen LogP contribution in [0.15, 0.2) is 34.8 Å². The van der Waals surface area contributed by atoms with Gasteiger partial charge in [0, 0.05) is 14.2 Å². The minimum atomic E-state index is 0.304. The van der Waals surface area contributed by atoms with Crippen LogP contribution in [0.3, 0.4) is 0 Å². The molecule has 0 nitrogen and oxygen atoms in total. The van der Waals surface area contributed by atoms with E-state index in [9.17, 15) is 0 Å². The molecule has 1 aromatic heterocycles. The molecule has 0 aliphatic rings. The minimum Gasteiger partial charge on any atom is -0.144 e. The van der Waals surface area contributed by atoms with E-state index in [0.717, 1.165) is 4.47 Å². The molecule has 2 aromatic rings. The molecule has 1 unspecified atom stereocenters. The molecule has 0 saturated carbocycles. The monoisotopic (exact) mass is 358 g/mol. The summed E-state index contributed by atoms with van der Waals surface area (Å²) in [5.41, 5.74) is 2.67. The van der Waals surface area contributed by atoms with Gasteiger partial charge in [-0.05, 0) is 43.2 Å². The molecule has 1 heterocycles. The van der Waals surface area contributed by atoms with E-state index in [1.807, 2.05) is 11.3 Å². The molecule has 0 fully saturated rings. The summed E-state index contributed by atoms with van der Waals surface area (Å²) >= 11 is 9.08. The summed E-state index contributed by atoms with van der Waals surface area (Å²) in [6.45, 7) is 4.33. The number of benzene rings is 1. The Bertz CT molecular complexity index is 466. The van der Waals surface area contributed by atoms with Gasteiger partial charge in [0.15, 0.2) is 0 Å². The molecule has 2 rings (SSSR count). The average molecular weight is 360 g/mol. The van der Waals surface area contributed by atoms with Gasteiger partial charge >= 0.3 is 0 Å². The predicted octanol–water partition coefficient (Wildman–Crippen LogP) is 5.61. The van der Waals surface area contributed by atoms with E-state index in [2.05, 4.69) is 76.0 Å². The lowest BCUT2D eigenvalue weighted by Gasteiger charge is -2.07. The van der Waals surface area contributed by atoms with Gasteiger partial charge in [0.25, 0.3) is 0 Å². The quantitative estimate of drug-likeness (QED) is 0.611. The van der Waals surface area contributed by atoms with Gasteiger partial charge in [-0.1, -0.05) is 44.0 Å². The van der Waals surface area contributed by atoms with Crippen molar-refractivity contribution in [2.24, 2.45) is 0 Å². The smallest absolute Gasteiger partial charge is 0.0738 e. The third-order valence-electron chi connectivity index (χ3n) is 2.60. The fourth-order valence-corrected chi connectivity index (χ4v) is 3.55. The van der Waals surface area contributed by atoms with Crippen LogP contribution in [0.4, 0.5) is 0 Å². The standard InChI is InChI=1S/C13H12Br2S/c1-8-7-12(16-9(8)2)13(15)10-3-5-11(14)6-4-10/h3-7,13H,1-2H3. The van der Waals surface area contributed by atoms with Crippen LogP contribution in [0.2, 0.25) is 0 Å². The number of rotatable bonds is 2. The van der Waals surface area contributed by atoms with Crippen LogP contribution in [-0.2, 0) is 0 Å². The Labute approximate surface area is 117 Å². The average Bonchev–Trinajstić information content (AvgIpc) is 2.59. The first-order chi connectivity index (χ1) is 7.58. The summed E-state index contributed by atoms with van der Waals surface area (Å²) in [6.07, 6.45) is 0. The van der Waals surface area contributed by atoms with Crippen molar-refractivity contribution in [2.45, 2.75) is 18.7 Å². The maximum atomic E-state index is 3.76. The molecule has 3 heteroatoms. The maximum Gasteiger partial charge on any atom is 0.0738 e. The van der Waals surface area contributed by atoms with Crippen LogP contribution in [0.1, 0.15) is 25.7 Å². The number of hydrogen-bond acceptors (Lipinski definition) is 1. The number of halogens is 2. The Kier molecular flexibility index (Phi) is 3.88. The fourth-order valence-electron chi connectivity index (χ4n) is 1.52. The van der Waals surface area contributed by atoms with Crippen LogP contribution in [-0.4, -0.2) is 0 Å². The first kappa shape index (κ1) is 12.3. The zero-order valence-electron chi connectivity index (χ0n) is 9.13. The van der Waals surface area contributed by atoms with E-state index >= 15 is 0 Å². The van der Waals surface area contributed by atoms with Gasteiger partial charge in [0.1, 0.15) is 0 Å². The largest absolute Gasteiger partial charge is 0.144 e. The van der Waals surface area contributed by atoms with E-state index in [4.69, 9.17) is 0 Å². The Hall–Kier alpha value is -0.120. The second-order valence-electron chi connectivity index (χ2n) is 3.80. The number of thiophene rings is 1. The molecular formula is C13H12Br2S. The molecule has 1 atom stereocenters. The van der Waals surface area contributed by atoms with Gasteiger partial charge in [0.05, 0.1) is 4.83 Å². The van der Waals surface area contributed by atoms with Crippen molar-refractivity contribution >= 4 is 43.2 Å². The van der Waals surface area contributed by atoms with E-state index in [0.29, 0.717) is 4.83 Å². The number of hydrogen-bond donors (Lipinski definition) is 0. The van der Waals surface area contributed by atoms with Crippen molar-refractivity contribution < 1.29 is 0 Å². The Morgan fingerprint density at radius 3 is 2.25 bits per heavy atom. The lowest BCUT2D eigenvalue weighted by molar-refractivity contribution is 1.22. The van der Waals surface area contributed by atoms with Crippen molar-refractivity contribution in [1.82, 2.24) is 0 Å². The van der Waals surface area contributed by atoms with E-state index in [1.165, 1.54) is 20.9 Å². The summed E-state index contributed by atoms with van der Waals surface area (Å²) in [4.78, 5) is 3.08. The topological polar surface area (TPSA) is 0 Å². The highest BCUT2D eigenvalue weighted by Gasteiger charge is 2.13. The maximum absolute atomic E-state index is 3.76. The molecule has 0 radical (unpaired) electrons. The summed E-state index contributed by atoms with van der Waals surface area (Å²) in [7, 11) is 0. The lowest BCUT2D eigenvalue weighted by Crippen LogP contribution is -1.88. The molecule has 0 spiro atoms. The van der Waals surface area contributed by atoms with Crippen molar-refractivity contribution in [3.05, 3.63) is 55.7 Å². The molecule has 0 aliphatic heterocycles.